The highest BCUT2D eigenvalue weighted by molar-refractivity contribution is 7.70. The van der Waals surface area contributed by atoms with Crippen LogP contribution in [0.2, 0.25) is 0 Å². The molecule has 0 radical (unpaired) electrons. The first kappa shape index (κ1) is 36.5. The van der Waals surface area contributed by atoms with E-state index < -0.39 is 24.7 Å². The van der Waals surface area contributed by atoms with Crippen LogP contribution >= 0.6 is 24.7 Å². The molecule has 3 aromatic carbocycles. The summed E-state index contributed by atoms with van der Waals surface area (Å²) in [6.45, 7) is 19.5. The van der Waals surface area contributed by atoms with Crippen molar-refractivity contribution >= 4 is 24.7 Å². The summed E-state index contributed by atoms with van der Waals surface area (Å²) in [7, 11) is -2.24. The number of nitrogens with zero attached hydrogens (tertiary/aromatic N) is 1. The molecular formula is C33H49N2O6P3. The maximum Gasteiger partial charge on any atom is 0.377 e. The Balaban J connectivity index is 1.96. The zero-order valence-corrected chi connectivity index (χ0v) is 30.8. The second-order valence-electron chi connectivity index (χ2n) is 13.3. The summed E-state index contributed by atoms with van der Waals surface area (Å²) in [5, 5.41) is 0. The number of hydrogen-bond donors (Lipinski definition) is 1. The monoisotopic (exact) mass is 662 g/mol. The van der Waals surface area contributed by atoms with E-state index in [4.69, 9.17) is 31.7 Å². The van der Waals surface area contributed by atoms with E-state index in [1.54, 1.807) is 14.2 Å². The minimum Gasteiger partial charge on any atom is -0.436 e. The van der Waals surface area contributed by atoms with E-state index in [1.807, 2.05) is 60.7 Å². The van der Waals surface area contributed by atoms with Gasteiger partial charge in [-0.3, -0.25) is 0 Å². The molecule has 3 rings (SSSR count). The van der Waals surface area contributed by atoms with Crippen LogP contribution in [-0.2, 0) is 29.8 Å². The van der Waals surface area contributed by atoms with Gasteiger partial charge in [0.15, 0.2) is 0 Å². The van der Waals surface area contributed by atoms with Gasteiger partial charge in [-0.2, -0.15) is 0 Å². The van der Waals surface area contributed by atoms with Gasteiger partial charge >= 0.3 is 24.7 Å². The van der Waals surface area contributed by atoms with Crippen molar-refractivity contribution in [1.29, 1.82) is 0 Å². The fourth-order valence-corrected chi connectivity index (χ4v) is 9.16. The van der Waals surface area contributed by atoms with Gasteiger partial charge in [0.2, 0.25) is 0 Å². The highest BCUT2D eigenvalue weighted by atomic mass is 31.3. The average Bonchev–Trinajstić information content (AvgIpc) is 2.95. The average molecular weight is 663 g/mol. The molecule has 0 aromatic heterocycles. The van der Waals surface area contributed by atoms with E-state index in [2.05, 4.69) is 79.3 Å². The van der Waals surface area contributed by atoms with E-state index in [1.165, 1.54) is 23.8 Å². The molecule has 44 heavy (non-hydrogen) atoms. The number of benzene rings is 3. The quantitative estimate of drug-likeness (QED) is 0.193. The van der Waals surface area contributed by atoms with E-state index in [9.17, 15) is 0 Å². The van der Waals surface area contributed by atoms with Gasteiger partial charge in [-0.15, -0.1) is 9.37 Å². The molecule has 0 fully saturated rings. The first-order valence-corrected chi connectivity index (χ1v) is 18.4. The molecule has 0 saturated heterocycles. The van der Waals surface area contributed by atoms with Crippen LogP contribution in [0.5, 0.6) is 17.2 Å². The second kappa shape index (κ2) is 15.1. The van der Waals surface area contributed by atoms with Crippen molar-refractivity contribution in [3.05, 3.63) is 89.5 Å². The molecule has 0 heterocycles. The Kier molecular flexibility index (Phi) is 12.5. The van der Waals surface area contributed by atoms with E-state index in [0.29, 0.717) is 17.2 Å². The highest BCUT2D eigenvalue weighted by Crippen LogP contribution is 2.61. The van der Waals surface area contributed by atoms with Gasteiger partial charge in [-0.05, 0) is 69.3 Å². The van der Waals surface area contributed by atoms with Crippen LogP contribution in [0.4, 0.5) is 0 Å². The second-order valence-corrected chi connectivity index (χ2v) is 18.5. The predicted octanol–water partition coefficient (Wildman–Crippen LogP) is 11.0. The van der Waals surface area contributed by atoms with Gasteiger partial charge in [0.05, 0.1) is 0 Å². The highest BCUT2D eigenvalue weighted by Gasteiger charge is 2.33. The van der Waals surface area contributed by atoms with Crippen LogP contribution in [-0.4, -0.2) is 21.3 Å². The first-order valence-electron chi connectivity index (χ1n) is 14.5. The molecule has 0 bridgehead atoms. The molecule has 11 heteroatoms. The van der Waals surface area contributed by atoms with Crippen molar-refractivity contribution in [2.45, 2.75) is 78.6 Å². The molecule has 1 N–H and O–H groups in total. The van der Waals surface area contributed by atoms with E-state index in [-0.39, 0.29) is 16.2 Å². The Morgan fingerprint density at radius 2 is 0.932 bits per heavy atom. The lowest BCUT2D eigenvalue weighted by molar-refractivity contribution is 0.358. The third-order valence-electron chi connectivity index (χ3n) is 6.73. The number of hydrogen-bond acceptors (Lipinski definition) is 7. The van der Waals surface area contributed by atoms with E-state index in [0.717, 1.165) is 0 Å². The predicted molar refractivity (Wildman–Crippen MR) is 185 cm³/mol. The SMILES string of the molecule is COP(N=P(NP(OC)Oc1ccc(C(C)(C)C)cc1)(OC)Oc1ccc(C(C)(C)C)cc1)Oc1ccc(C(C)(C)C)cc1. The molecular weight excluding hydrogens is 613 g/mol. The standard InChI is InChI=1S/C33H49N2O6P3/c1-31(2,3)25-13-19-28(20-14-25)39-42(36-10)34-44(38-12,41-30-23-17-27(18-24-30)33(7,8)9)35-43(37-11)40-29-21-15-26(16-22-29)32(4,5)6/h13-24,34H,1-12H3. The minimum absolute atomic E-state index is 0.00382. The smallest absolute Gasteiger partial charge is 0.377 e. The third kappa shape index (κ3) is 10.5. The van der Waals surface area contributed by atoms with Crippen molar-refractivity contribution in [1.82, 2.24) is 4.86 Å². The van der Waals surface area contributed by atoms with Gasteiger partial charge in [0.25, 0.3) is 0 Å². The van der Waals surface area contributed by atoms with Gasteiger partial charge in [-0.25, -0.2) is 0 Å². The molecule has 0 amide bonds. The van der Waals surface area contributed by atoms with Gasteiger partial charge in [-0.1, -0.05) is 98.7 Å². The lowest BCUT2D eigenvalue weighted by Gasteiger charge is -2.28. The summed E-state index contributed by atoms with van der Waals surface area (Å²) in [6.07, 6.45) is 0. The maximum absolute atomic E-state index is 6.51. The zero-order valence-electron chi connectivity index (χ0n) is 28.2. The van der Waals surface area contributed by atoms with Crippen LogP contribution in [0.25, 0.3) is 0 Å². The Labute approximate surface area is 267 Å². The Bertz CT molecular complexity index is 1380. The zero-order chi connectivity index (χ0) is 32.8. The minimum atomic E-state index is -3.31. The first-order chi connectivity index (χ1) is 20.5. The summed E-state index contributed by atoms with van der Waals surface area (Å²) in [5.74, 6) is 1.85. The van der Waals surface area contributed by atoms with Gasteiger partial charge in [0, 0.05) is 21.3 Å². The van der Waals surface area contributed by atoms with Crippen molar-refractivity contribution in [3.63, 3.8) is 0 Å². The van der Waals surface area contributed by atoms with Gasteiger partial charge < -0.3 is 27.1 Å². The summed E-state index contributed by atoms with van der Waals surface area (Å²) in [5.41, 5.74) is 3.63. The maximum atomic E-state index is 6.51. The summed E-state index contributed by atoms with van der Waals surface area (Å²) in [4.78, 5) is 3.31. The van der Waals surface area contributed by atoms with Crippen LogP contribution < -0.4 is 18.4 Å². The van der Waals surface area contributed by atoms with Crippen molar-refractivity contribution in [2.75, 3.05) is 21.3 Å². The van der Waals surface area contributed by atoms with Crippen molar-refractivity contribution in [3.8, 4) is 17.2 Å². The van der Waals surface area contributed by atoms with Gasteiger partial charge in [0.1, 0.15) is 17.2 Å². The molecule has 8 nitrogen and oxygen atoms in total. The van der Waals surface area contributed by atoms with Crippen LogP contribution in [0.1, 0.15) is 79.0 Å². The Morgan fingerprint density at radius 3 is 1.27 bits per heavy atom. The fourth-order valence-electron chi connectivity index (χ4n) is 3.94. The van der Waals surface area contributed by atoms with Crippen LogP contribution in [0.3, 0.4) is 0 Å². The van der Waals surface area contributed by atoms with E-state index >= 15 is 0 Å². The molecule has 0 saturated carbocycles. The lowest BCUT2D eigenvalue weighted by atomic mass is 9.87. The number of rotatable bonds is 12. The molecule has 242 valence electrons. The molecule has 3 aromatic rings. The lowest BCUT2D eigenvalue weighted by Crippen LogP contribution is -2.15. The normalized spacial score (nSPS) is 15.2. The summed E-state index contributed by atoms with van der Waals surface area (Å²) >= 11 is 0. The van der Waals surface area contributed by atoms with Crippen molar-refractivity contribution in [2.24, 2.45) is 4.52 Å². The molecule has 0 aliphatic heterocycles. The van der Waals surface area contributed by atoms with Crippen molar-refractivity contribution < 1.29 is 27.1 Å². The molecule has 3 unspecified atom stereocenters. The molecule has 3 atom stereocenters. The van der Waals surface area contributed by atoms with Crippen LogP contribution in [0, 0.1) is 0 Å². The largest absolute Gasteiger partial charge is 0.436 e. The number of nitrogens with one attached hydrogen (secondary N) is 1. The molecule has 0 spiro atoms. The Hall–Kier alpha value is -2.01. The Morgan fingerprint density at radius 1 is 0.545 bits per heavy atom. The summed E-state index contributed by atoms with van der Waals surface area (Å²) in [6, 6.07) is 23.8. The third-order valence-corrected chi connectivity index (χ3v) is 12.3. The van der Waals surface area contributed by atoms with Crippen LogP contribution in [0.15, 0.2) is 77.3 Å². The summed E-state index contributed by atoms with van der Waals surface area (Å²) < 4.78 is 41.3. The fraction of sp³-hybridized carbons (Fsp3) is 0.455. The topological polar surface area (TPSA) is 79.8 Å². The molecule has 0 aliphatic rings. The molecule has 0 aliphatic carbocycles.